The van der Waals surface area contributed by atoms with Gasteiger partial charge in [0.1, 0.15) is 0 Å². The predicted octanol–water partition coefficient (Wildman–Crippen LogP) is 3.60. The van der Waals surface area contributed by atoms with E-state index in [2.05, 4.69) is 10.5 Å². The highest BCUT2D eigenvalue weighted by Crippen LogP contribution is 2.35. The standard InChI is InChI=1S/C17H16N2O4S/c1-21-14-6-5-11(8-15(14)22-2)13-10-18-23-17(13)19-16(20)9-12-4-3-7-24-12/h3-8,10H,9H2,1-2H3,(H,19,20). The van der Waals surface area contributed by atoms with Crippen molar-refractivity contribution in [3.63, 3.8) is 0 Å². The molecule has 1 amide bonds. The molecule has 24 heavy (non-hydrogen) atoms. The number of methoxy groups -OCH3 is 2. The molecule has 0 radical (unpaired) electrons. The van der Waals surface area contributed by atoms with Gasteiger partial charge in [-0.15, -0.1) is 11.3 Å². The van der Waals surface area contributed by atoms with Gasteiger partial charge in [-0.1, -0.05) is 17.3 Å². The van der Waals surface area contributed by atoms with Crippen LogP contribution in [-0.2, 0) is 11.2 Å². The van der Waals surface area contributed by atoms with Crippen molar-refractivity contribution in [2.45, 2.75) is 6.42 Å². The molecule has 0 spiro atoms. The van der Waals surface area contributed by atoms with E-state index < -0.39 is 0 Å². The quantitative estimate of drug-likeness (QED) is 0.739. The second kappa shape index (κ2) is 7.18. The highest BCUT2D eigenvalue weighted by Gasteiger charge is 2.16. The van der Waals surface area contributed by atoms with Crippen LogP contribution in [0.2, 0.25) is 0 Å². The topological polar surface area (TPSA) is 73.6 Å². The maximum absolute atomic E-state index is 12.1. The second-order valence-corrected chi connectivity index (χ2v) is 5.97. The summed E-state index contributed by atoms with van der Waals surface area (Å²) >= 11 is 1.54. The fourth-order valence-electron chi connectivity index (χ4n) is 2.28. The van der Waals surface area contributed by atoms with Crippen LogP contribution in [0.25, 0.3) is 11.1 Å². The van der Waals surface area contributed by atoms with E-state index in [4.69, 9.17) is 14.0 Å². The number of nitrogens with zero attached hydrogens (tertiary/aromatic N) is 1. The van der Waals surface area contributed by atoms with E-state index >= 15 is 0 Å². The van der Waals surface area contributed by atoms with Gasteiger partial charge in [0.15, 0.2) is 11.5 Å². The van der Waals surface area contributed by atoms with Crippen molar-refractivity contribution in [1.29, 1.82) is 0 Å². The van der Waals surface area contributed by atoms with Crippen molar-refractivity contribution in [3.8, 4) is 22.6 Å². The van der Waals surface area contributed by atoms with Crippen molar-refractivity contribution in [2.24, 2.45) is 0 Å². The van der Waals surface area contributed by atoms with E-state index in [-0.39, 0.29) is 5.91 Å². The van der Waals surface area contributed by atoms with E-state index in [1.807, 2.05) is 23.6 Å². The van der Waals surface area contributed by atoms with Gasteiger partial charge in [0.25, 0.3) is 0 Å². The second-order valence-electron chi connectivity index (χ2n) is 4.94. The third kappa shape index (κ3) is 3.41. The number of hydrogen-bond acceptors (Lipinski definition) is 6. The Bertz CT molecular complexity index is 827. The minimum Gasteiger partial charge on any atom is -0.493 e. The number of rotatable bonds is 6. The molecule has 2 heterocycles. The minimum absolute atomic E-state index is 0.157. The zero-order valence-corrected chi connectivity index (χ0v) is 14.1. The Morgan fingerprint density at radius 2 is 2.08 bits per heavy atom. The maximum Gasteiger partial charge on any atom is 0.239 e. The molecule has 0 aliphatic heterocycles. The van der Waals surface area contributed by atoms with Crippen LogP contribution in [0.1, 0.15) is 4.88 Å². The molecule has 0 aliphatic carbocycles. The lowest BCUT2D eigenvalue weighted by Gasteiger charge is -2.09. The number of nitrogens with one attached hydrogen (secondary N) is 1. The van der Waals surface area contributed by atoms with Gasteiger partial charge in [-0.25, -0.2) is 0 Å². The van der Waals surface area contributed by atoms with Crippen LogP contribution in [0.3, 0.4) is 0 Å². The van der Waals surface area contributed by atoms with Crippen LogP contribution in [0.4, 0.5) is 5.88 Å². The third-order valence-corrected chi connectivity index (χ3v) is 4.31. The molecule has 0 bridgehead atoms. The summed E-state index contributed by atoms with van der Waals surface area (Å²) in [6, 6.07) is 9.28. The van der Waals surface area contributed by atoms with Crippen molar-refractivity contribution < 1.29 is 18.8 Å². The number of hydrogen-bond donors (Lipinski definition) is 1. The number of aromatic nitrogens is 1. The average molecular weight is 344 g/mol. The summed E-state index contributed by atoms with van der Waals surface area (Å²) in [6.45, 7) is 0. The summed E-state index contributed by atoms with van der Waals surface area (Å²) < 4.78 is 15.7. The van der Waals surface area contributed by atoms with E-state index in [0.29, 0.717) is 29.4 Å². The molecule has 1 aromatic carbocycles. The number of benzene rings is 1. The molecule has 0 aliphatic rings. The molecule has 3 rings (SSSR count). The van der Waals surface area contributed by atoms with E-state index in [0.717, 1.165) is 10.4 Å². The predicted molar refractivity (Wildman–Crippen MR) is 91.7 cm³/mol. The highest BCUT2D eigenvalue weighted by atomic mass is 32.1. The first-order chi connectivity index (χ1) is 11.7. The molecule has 0 unspecified atom stereocenters. The summed E-state index contributed by atoms with van der Waals surface area (Å²) in [5, 5.41) is 8.48. The molecule has 1 N–H and O–H groups in total. The van der Waals surface area contributed by atoms with E-state index in [9.17, 15) is 4.79 Å². The van der Waals surface area contributed by atoms with Crippen LogP contribution in [-0.4, -0.2) is 25.3 Å². The van der Waals surface area contributed by atoms with Gasteiger partial charge in [0, 0.05) is 4.88 Å². The maximum atomic E-state index is 12.1. The van der Waals surface area contributed by atoms with Crippen molar-refractivity contribution in [1.82, 2.24) is 5.16 Å². The Hall–Kier alpha value is -2.80. The molecule has 0 atom stereocenters. The highest BCUT2D eigenvalue weighted by molar-refractivity contribution is 7.10. The summed E-state index contributed by atoms with van der Waals surface area (Å²) in [7, 11) is 3.14. The molecule has 6 nitrogen and oxygen atoms in total. The first-order valence-corrected chi connectivity index (χ1v) is 8.08. The fourth-order valence-corrected chi connectivity index (χ4v) is 2.98. The van der Waals surface area contributed by atoms with Crippen molar-refractivity contribution >= 4 is 23.1 Å². The molecule has 0 fully saturated rings. The SMILES string of the molecule is COc1ccc(-c2cnoc2NC(=O)Cc2cccs2)cc1OC. The smallest absolute Gasteiger partial charge is 0.239 e. The molecular formula is C17H16N2O4S. The van der Waals surface area contributed by atoms with Crippen LogP contribution < -0.4 is 14.8 Å². The normalized spacial score (nSPS) is 10.4. The summed E-state index contributed by atoms with van der Waals surface area (Å²) in [4.78, 5) is 13.1. The number of thiophene rings is 1. The summed E-state index contributed by atoms with van der Waals surface area (Å²) in [5.41, 5.74) is 1.48. The first-order valence-electron chi connectivity index (χ1n) is 7.20. The Balaban J connectivity index is 1.81. The average Bonchev–Trinajstić information content (AvgIpc) is 3.26. The van der Waals surface area contributed by atoms with E-state index in [1.165, 1.54) is 11.3 Å². The van der Waals surface area contributed by atoms with Gasteiger partial charge >= 0.3 is 0 Å². The number of carbonyl (C=O) groups excluding carboxylic acids is 1. The Morgan fingerprint density at radius 1 is 1.25 bits per heavy atom. The third-order valence-electron chi connectivity index (χ3n) is 3.43. The molecular weight excluding hydrogens is 328 g/mol. The Morgan fingerprint density at radius 3 is 2.79 bits per heavy atom. The van der Waals surface area contributed by atoms with Crippen LogP contribution in [0.15, 0.2) is 46.4 Å². The lowest BCUT2D eigenvalue weighted by Crippen LogP contribution is -2.13. The minimum atomic E-state index is -0.157. The molecule has 2 aromatic heterocycles. The van der Waals surface area contributed by atoms with Crippen LogP contribution >= 0.6 is 11.3 Å². The number of ether oxygens (including phenoxy) is 2. The zero-order chi connectivity index (χ0) is 16.9. The van der Waals surface area contributed by atoms with Crippen LogP contribution in [0, 0.1) is 0 Å². The van der Waals surface area contributed by atoms with Gasteiger partial charge in [-0.2, -0.15) is 0 Å². The Kier molecular flexibility index (Phi) is 4.81. The van der Waals surface area contributed by atoms with Crippen molar-refractivity contribution in [3.05, 3.63) is 46.8 Å². The fraction of sp³-hybridized carbons (Fsp3) is 0.176. The molecule has 7 heteroatoms. The monoisotopic (exact) mass is 344 g/mol. The lowest BCUT2D eigenvalue weighted by atomic mass is 10.1. The molecule has 3 aromatic rings. The number of amides is 1. The van der Waals surface area contributed by atoms with E-state index in [1.54, 1.807) is 32.5 Å². The van der Waals surface area contributed by atoms with Gasteiger partial charge in [0.2, 0.25) is 11.8 Å². The zero-order valence-electron chi connectivity index (χ0n) is 13.2. The Labute approximate surface area is 143 Å². The van der Waals surface area contributed by atoms with Crippen LogP contribution in [0.5, 0.6) is 11.5 Å². The van der Waals surface area contributed by atoms with Gasteiger partial charge in [0.05, 0.1) is 32.4 Å². The van der Waals surface area contributed by atoms with Gasteiger partial charge in [-0.3, -0.25) is 10.1 Å². The largest absolute Gasteiger partial charge is 0.493 e. The molecule has 0 saturated heterocycles. The number of anilines is 1. The van der Waals surface area contributed by atoms with Crippen molar-refractivity contribution in [2.75, 3.05) is 19.5 Å². The summed E-state index contributed by atoms with van der Waals surface area (Å²) in [6.07, 6.45) is 1.85. The summed E-state index contributed by atoms with van der Waals surface area (Å²) in [5.74, 6) is 1.37. The first kappa shape index (κ1) is 16.1. The van der Waals surface area contributed by atoms with Gasteiger partial charge < -0.3 is 14.0 Å². The molecule has 0 saturated carbocycles. The molecule has 124 valence electrons. The van der Waals surface area contributed by atoms with Gasteiger partial charge in [-0.05, 0) is 29.1 Å². The lowest BCUT2D eigenvalue weighted by molar-refractivity contribution is -0.115. The number of carbonyl (C=O) groups is 1.